The normalized spacial score (nSPS) is 11.8. The van der Waals surface area contributed by atoms with Crippen molar-refractivity contribution in [1.82, 2.24) is 19.9 Å². The molecular weight excluding hydrogens is 288 g/mol. The number of aromatic nitrogens is 3. The largest absolute Gasteiger partial charge is 0.263 e. The van der Waals surface area contributed by atoms with Crippen LogP contribution in [0.5, 0.6) is 0 Å². The molecule has 0 saturated carbocycles. The summed E-state index contributed by atoms with van der Waals surface area (Å²) in [5.74, 6) is 0.761. The van der Waals surface area contributed by atoms with E-state index in [0.29, 0.717) is 24.3 Å². The van der Waals surface area contributed by atoms with E-state index in [0.717, 1.165) is 22.5 Å². The molecule has 114 valence electrons. The Labute approximate surface area is 125 Å². The van der Waals surface area contributed by atoms with Crippen molar-refractivity contribution >= 4 is 10.0 Å². The molecule has 7 heteroatoms. The van der Waals surface area contributed by atoms with Crippen LogP contribution in [0.15, 0.2) is 23.4 Å². The highest BCUT2D eigenvalue weighted by atomic mass is 32.2. The number of H-pyrrole nitrogens is 1. The Balaban J connectivity index is 2.02. The van der Waals surface area contributed by atoms with Crippen LogP contribution in [0.4, 0.5) is 0 Å². The first-order valence-electron chi connectivity index (χ1n) is 6.82. The van der Waals surface area contributed by atoms with E-state index in [-0.39, 0.29) is 0 Å². The number of hydrogen-bond acceptors (Lipinski definition) is 4. The predicted molar refractivity (Wildman–Crippen MR) is 80.5 cm³/mol. The molecule has 0 amide bonds. The molecule has 0 fully saturated rings. The van der Waals surface area contributed by atoms with Crippen molar-refractivity contribution in [3.63, 3.8) is 0 Å². The van der Waals surface area contributed by atoms with Gasteiger partial charge in [0.25, 0.3) is 0 Å². The summed E-state index contributed by atoms with van der Waals surface area (Å²) in [5, 5.41) is 6.51. The number of aromatic amines is 1. The maximum Gasteiger partial charge on any atom is 0.241 e. The zero-order chi connectivity index (χ0) is 15.5. The molecule has 0 aliphatic heterocycles. The topological polar surface area (TPSA) is 87.7 Å². The van der Waals surface area contributed by atoms with E-state index in [1.807, 2.05) is 32.9 Å². The first-order valence-corrected chi connectivity index (χ1v) is 8.30. The number of rotatable bonds is 6. The lowest BCUT2D eigenvalue weighted by molar-refractivity contribution is 0.577. The molecule has 2 N–H and O–H groups in total. The molecule has 21 heavy (non-hydrogen) atoms. The molecule has 2 aromatic rings. The van der Waals surface area contributed by atoms with E-state index in [2.05, 4.69) is 19.9 Å². The summed E-state index contributed by atoms with van der Waals surface area (Å²) >= 11 is 0. The third kappa shape index (κ3) is 3.89. The molecule has 1 aromatic heterocycles. The van der Waals surface area contributed by atoms with Gasteiger partial charge in [0.15, 0.2) is 0 Å². The lowest BCUT2D eigenvalue weighted by atomic mass is 10.1. The third-order valence-corrected chi connectivity index (χ3v) is 4.99. The molecule has 0 aliphatic carbocycles. The number of benzene rings is 1. The van der Waals surface area contributed by atoms with E-state index in [9.17, 15) is 8.42 Å². The third-order valence-electron chi connectivity index (χ3n) is 3.22. The van der Waals surface area contributed by atoms with Crippen molar-refractivity contribution in [1.29, 1.82) is 0 Å². The summed E-state index contributed by atoms with van der Waals surface area (Å²) in [4.78, 5) is 4.38. The molecule has 0 spiro atoms. The number of nitrogens with zero attached hydrogens (tertiary/aromatic N) is 2. The van der Waals surface area contributed by atoms with Crippen molar-refractivity contribution in [2.75, 3.05) is 6.54 Å². The van der Waals surface area contributed by atoms with Gasteiger partial charge in [0.2, 0.25) is 10.0 Å². The average molecular weight is 308 g/mol. The highest BCUT2D eigenvalue weighted by Gasteiger charge is 2.19. The average Bonchev–Trinajstić information content (AvgIpc) is 2.86. The van der Waals surface area contributed by atoms with Crippen LogP contribution >= 0.6 is 0 Å². The maximum atomic E-state index is 12.4. The van der Waals surface area contributed by atoms with Gasteiger partial charge in [-0.15, -0.1) is 0 Å². The molecule has 2 rings (SSSR count). The molecule has 1 aromatic carbocycles. The molecule has 0 radical (unpaired) electrons. The van der Waals surface area contributed by atoms with Gasteiger partial charge in [-0.25, -0.2) is 18.1 Å². The van der Waals surface area contributed by atoms with Gasteiger partial charge < -0.3 is 0 Å². The van der Waals surface area contributed by atoms with Crippen LogP contribution in [0.1, 0.15) is 28.9 Å². The second-order valence-electron chi connectivity index (χ2n) is 5.16. The summed E-state index contributed by atoms with van der Waals surface area (Å²) in [5.41, 5.74) is 2.61. The highest BCUT2D eigenvalue weighted by Crippen LogP contribution is 2.21. The van der Waals surface area contributed by atoms with Gasteiger partial charge in [-0.05, 0) is 38.3 Å². The van der Waals surface area contributed by atoms with Gasteiger partial charge in [-0.2, -0.15) is 5.10 Å². The summed E-state index contributed by atoms with van der Waals surface area (Å²) in [7, 11) is -3.48. The summed E-state index contributed by atoms with van der Waals surface area (Å²) in [6.07, 6.45) is 2.77. The molecule has 0 bridgehead atoms. The standard InChI is InChI=1S/C14H20N4O2S/c1-10-7-11(2)14(12(3)8-10)21(19,20)17-6-4-5-13-15-9-16-18-13/h7-9,17H,4-6H2,1-3H3,(H,15,16,18). The molecule has 0 aliphatic rings. The van der Waals surface area contributed by atoms with E-state index in [1.165, 1.54) is 6.33 Å². The van der Waals surface area contributed by atoms with Crippen LogP contribution in [0, 0.1) is 20.8 Å². The first kappa shape index (κ1) is 15.7. The second kappa shape index (κ2) is 6.36. The minimum atomic E-state index is -3.48. The Morgan fingerprint density at radius 2 is 1.86 bits per heavy atom. The van der Waals surface area contributed by atoms with Gasteiger partial charge in [0, 0.05) is 13.0 Å². The Hall–Kier alpha value is -1.73. The van der Waals surface area contributed by atoms with Crippen molar-refractivity contribution in [3.05, 3.63) is 41.0 Å². The van der Waals surface area contributed by atoms with Crippen molar-refractivity contribution in [2.45, 2.75) is 38.5 Å². The van der Waals surface area contributed by atoms with Crippen molar-refractivity contribution in [2.24, 2.45) is 0 Å². The fourth-order valence-corrected chi connectivity index (χ4v) is 4.00. The summed E-state index contributed by atoms with van der Waals surface area (Å²) in [6.45, 7) is 5.98. The van der Waals surface area contributed by atoms with Crippen molar-refractivity contribution in [3.8, 4) is 0 Å². The summed E-state index contributed by atoms with van der Waals surface area (Å²) < 4.78 is 27.4. The van der Waals surface area contributed by atoms with Crippen LogP contribution < -0.4 is 4.72 Å². The molecule has 0 atom stereocenters. The highest BCUT2D eigenvalue weighted by molar-refractivity contribution is 7.89. The molecule has 1 heterocycles. The first-order chi connectivity index (χ1) is 9.90. The van der Waals surface area contributed by atoms with E-state index in [4.69, 9.17) is 0 Å². The molecular formula is C14H20N4O2S. The van der Waals surface area contributed by atoms with Crippen molar-refractivity contribution < 1.29 is 8.42 Å². The number of nitrogens with one attached hydrogen (secondary N) is 2. The fourth-order valence-electron chi connectivity index (χ4n) is 2.48. The predicted octanol–water partition coefficient (Wildman–Crippen LogP) is 1.64. The SMILES string of the molecule is Cc1cc(C)c(S(=O)(=O)NCCCc2ncn[nH]2)c(C)c1. The van der Waals surface area contributed by atoms with Crippen LogP contribution in [0.2, 0.25) is 0 Å². The molecule has 6 nitrogen and oxygen atoms in total. The van der Waals surface area contributed by atoms with Gasteiger partial charge in [-0.1, -0.05) is 17.7 Å². The van der Waals surface area contributed by atoms with E-state index < -0.39 is 10.0 Å². The maximum absolute atomic E-state index is 12.4. The van der Waals surface area contributed by atoms with Gasteiger partial charge in [0.05, 0.1) is 4.90 Å². The lowest BCUT2D eigenvalue weighted by Gasteiger charge is -2.13. The van der Waals surface area contributed by atoms with Crippen LogP contribution in [-0.4, -0.2) is 30.1 Å². The second-order valence-corrected chi connectivity index (χ2v) is 6.87. The zero-order valence-electron chi connectivity index (χ0n) is 12.5. The van der Waals surface area contributed by atoms with Crippen LogP contribution in [0.3, 0.4) is 0 Å². The number of hydrogen-bond donors (Lipinski definition) is 2. The zero-order valence-corrected chi connectivity index (χ0v) is 13.3. The number of sulfonamides is 1. The Morgan fingerprint density at radius 1 is 1.19 bits per heavy atom. The Morgan fingerprint density at radius 3 is 2.43 bits per heavy atom. The minimum Gasteiger partial charge on any atom is -0.263 e. The monoisotopic (exact) mass is 308 g/mol. The lowest BCUT2D eigenvalue weighted by Crippen LogP contribution is -2.26. The smallest absolute Gasteiger partial charge is 0.241 e. The quantitative estimate of drug-likeness (QED) is 0.794. The Bertz CT molecular complexity index is 686. The molecule has 0 unspecified atom stereocenters. The van der Waals surface area contributed by atoms with E-state index >= 15 is 0 Å². The van der Waals surface area contributed by atoms with Crippen LogP contribution in [-0.2, 0) is 16.4 Å². The van der Waals surface area contributed by atoms with Crippen LogP contribution in [0.25, 0.3) is 0 Å². The number of aryl methyl sites for hydroxylation is 4. The van der Waals surface area contributed by atoms with E-state index in [1.54, 1.807) is 0 Å². The van der Waals surface area contributed by atoms with Gasteiger partial charge in [-0.3, -0.25) is 5.10 Å². The summed E-state index contributed by atoms with van der Waals surface area (Å²) in [6, 6.07) is 3.77. The Kier molecular flexibility index (Phi) is 4.74. The van der Waals surface area contributed by atoms with Gasteiger partial charge in [0.1, 0.15) is 12.2 Å². The van der Waals surface area contributed by atoms with Gasteiger partial charge >= 0.3 is 0 Å². The minimum absolute atomic E-state index is 0.371. The fraction of sp³-hybridized carbons (Fsp3) is 0.429. The molecule has 0 saturated heterocycles.